The molecule has 0 atom stereocenters. The van der Waals surface area contributed by atoms with Gasteiger partial charge in [0.2, 0.25) is 0 Å². The number of esters is 1. The molecular formula is C11H7F3O3. The molecule has 0 aliphatic carbocycles. The van der Waals surface area contributed by atoms with Gasteiger partial charge in [-0.3, -0.25) is 0 Å². The van der Waals surface area contributed by atoms with Crippen molar-refractivity contribution in [3.8, 4) is 18.1 Å². The molecule has 6 heteroatoms. The molecule has 0 radical (unpaired) electrons. The highest BCUT2D eigenvalue weighted by molar-refractivity contribution is 5.90. The molecule has 1 rings (SSSR count). The highest BCUT2D eigenvalue weighted by atomic mass is 19.4. The number of hydrogen-bond acceptors (Lipinski definition) is 3. The van der Waals surface area contributed by atoms with Crippen molar-refractivity contribution >= 4 is 5.97 Å². The van der Waals surface area contributed by atoms with E-state index in [1.807, 2.05) is 0 Å². The average Bonchev–Trinajstić information content (AvgIpc) is 2.25. The van der Waals surface area contributed by atoms with Gasteiger partial charge in [-0.1, -0.05) is 5.92 Å². The number of carbonyl (C=O) groups is 1. The molecule has 1 aromatic rings. The van der Waals surface area contributed by atoms with Crippen molar-refractivity contribution in [3.05, 3.63) is 29.3 Å². The van der Waals surface area contributed by atoms with Crippen molar-refractivity contribution in [3.63, 3.8) is 0 Å². The molecule has 1 aromatic carbocycles. The summed E-state index contributed by atoms with van der Waals surface area (Å²) in [5.41, 5.74) is -0.0191. The normalized spacial score (nSPS) is 10.5. The summed E-state index contributed by atoms with van der Waals surface area (Å²) < 4.78 is 44.1. The summed E-state index contributed by atoms with van der Waals surface area (Å²) in [5, 5.41) is 0. The number of terminal acetylenes is 1. The summed E-state index contributed by atoms with van der Waals surface area (Å²) in [6.45, 7) is 0. The topological polar surface area (TPSA) is 35.5 Å². The fraction of sp³-hybridized carbons (Fsp3) is 0.182. The van der Waals surface area contributed by atoms with Gasteiger partial charge >= 0.3 is 12.3 Å². The van der Waals surface area contributed by atoms with Crippen LogP contribution >= 0.6 is 0 Å². The first kappa shape index (κ1) is 12.9. The standard InChI is InChI=1S/C11H7F3O3/c1-3-7-4-8(10(15)16-2)6-9(5-7)17-11(12,13)14/h1,4-6H,2H3. The monoisotopic (exact) mass is 244 g/mol. The lowest BCUT2D eigenvalue weighted by atomic mass is 10.1. The summed E-state index contributed by atoms with van der Waals surface area (Å²) >= 11 is 0. The van der Waals surface area contributed by atoms with Crippen LogP contribution in [0.15, 0.2) is 18.2 Å². The Hall–Kier alpha value is -2.16. The molecule has 0 aromatic heterocycles. The second-order valence-electron chi connectivity index (χ2n) is 2.93. The number of methoxy groups -OCH3 is 1. The lowest BCUT2D eigenvalue weighted by Gasteiger charge is -2.10. The van der Waals surface area contributed by atoms with E-state index in [4.69, 9.17) is 6.42 Å². The van der Waals surface area contributed by atoms with Gasteiger partial charge in [0.15, 0.2) is 0 Å². The highest BCUT2D eigenvalue weighted by Crippen LogP contribution is 2.25. The van der Waals surface area contributed by atoms with Crippen LogP contribution in [0, 0.1) is 12.3 Å². The van der Waals surface area contributed by atoms with E-state index in [9.17, 15) is 18.0 Å². The van der Waals surface area contributed by atoms with Crippen molar-refractivity contribution in [1.29, 1.82) is 0 Å². The van der Waals surface area contributed by atoms with Crippen LogP contribution in [0.25, 0.3) is 0 Å². The first-order valence-corrected chi connectivity index (χ1v) is 4.31. The minimum atomic E-state index is -4.85. The van der Waals surface area contributed by atoms with Gasteiger partial charge in [0.25, 0.3) is 0 Å². The molecular weight excluding hydrogens is 237 g/mol. The lowest BCUT2D eigenvalue weighted by molar-refractivity contribution is -0.274. The van der Waals surface area contributed by atoms with E-state index in [1.165, 1.54) is 6.07 Å². The van der Waals surface area contributed by atoms with Crippen molar-refractivity contribution in [2.45, 2.75) is 6.36 Å². The zero-order valence-electron chi connectivity index (χ0n) is 8.67. The molecule has 0 fully saturated rings. The fourth-order valence-electron chi connectivity index (χ4n) is 1.11. The number of ether oxygens (including phenoxy) is 2. The van der Waals surface area contributed by atoms with Gasteiger partial charge in [-0.15, -0.1) is 19.6 Å². The molecule has 0 bridgehead atoms. The zero-order valence-corrected chi connectivity index (χ0v) is 8.67. The lowest BCUT2D eigenvalue weighted by Crippen LogP contribution is -2.17. The smallest absolute Gasteiger partial charge is 0.465 e. The largest absolute Gasteiger partial charge is 0.573 e. The van der Waals surface area contributed by atoms with E-state index >= 15 is 0 Å². The van der Waals surface area contributed by atoms with Gasteiger partial charge in [0.05, 0.1) is 12.7 Å². The van der Waals surface area contributed by atoms with E-state index in [-0.39, 0.29) is 11.1 Å². The Balaban J connectivity index is 3.15. The Bertz CT molecular complexity index is 472. The Morgan fingerprint density at radius 2 is 2.00 bits per heavy atom. The zero-order chi connectivity index (χ0) is 13.1. The Morgan fingerprint density at radius 3 is 2.47 bits per heavy atom. The Morgan fingerprint density at radius 1 is 1.35 bits per heavy atom. The fourth-order valence-corrected chi connectivity index (χ4v) is 1.11. The molecule has 0 aliphatic heterocycles. The number of carbonyl (C=O) groups excluding carboxylic acids is 1. The van der Waals surface area contributed by atoms with Crippen LogP contribution in [-0.2, 0) is 4.74 Å². The Labute approximate surface area is 95.1 Å². The molecule has 0 aliphatic rings. The van der Waals surface area contributed by atoms with Gasteiger partial charge in [-0.2, -0.15) is 0 Å². The van der Waals surface area contributed by atoms with Crippen LogP contribution in [0.5, 0.6) is 5.75 Å². The number of halogens is 3. The van der Waals surface area contributed by atoms with E-state index in [1.54, 1.807) is 0 Å². The number of benzene rings is 1. The van der Waals surface area contributed by atoms with E-state index in [0.29, 0.717) is 0 Å². The van der Waals surface area contributed by atoms with Gasteiger partial charge in [-0.05, 0) is 18.2 Å². The predicted octanol–water partition coefficient (Wildman–Crippen LogP) is 2.35. The average molecular weight is 244 g/mol. The predicted molar refractivity (Wildman–Crippen MR) is 52.4 cm³/mol. The third-order valence-electron chi connectivity index (χ3n) is 1.73. The molecule has 0 saturated carbocycles. The molecule has 0 unspecified atom stereocenters. The highest BCUT2D eigenvalue weighted by Gasteiger charge is 2.31. The minimum Gasteiger partial charge on any atom is -0.465 e. The molecule has 90 valence electrons. The van der Waals surface area contributed by atoms with Crippen LogP contribution in [0.1, 0.15) is 15.9 Å². The van der Waals surface area contributed by atoms with Crippen molar-refractivity contribution in [2.24, 2.45) is 0 Å². The summed E-state index contributed by atoms with van der Waals surface area (Å²) in [5.74, 6) is 0.759. The third kappa shape index (κ3) is 3.72. The summed E-state index contributed by atoms with van der Waals surface area (Å²) in [6, 6.07) is 3.13. The van der Waals surface area contributed by atoms with Crippen LogP contribution in [-0.4, -0.2) is 19.4 Å². The van der Waals surface area contributed by atoms with E-state index < -0.39 is 18.1 Å². The first-order chi connectivity index (χ1) is 7.85. The molecule has 0 saturated heterocycles. The first-order valence-electron chi connectivity index (χ1n) is 4.31. The number of alkyl halides is 3. The van der Waals surface area contributed by atoms with Gasteiger partial charge in [-0.25, -0.2) is 4.79 Å². The molecule has 17 heavy (non-hydrogen) atoms. The SMILES string of the molecule is C#Cc1cc(OC(F)(F)F)cc(C(=O)OC)c1. The van der Waals surface area contributed by atoms with Crippen LogP contribution in [0.2, 0.25) is 0 Å². The van der Waals surface area contributed by atoms with Crippen molar-refractivity contribution in [1.82, 2.24) is 0 Å². The van der Waals surface area contributed by atoms with Gasteiger partial charge < -0.3 is 9.47 Å². The third-order valence-corrected chi connectivity index (χ3v) is 1.73. The summed E-state index contributed by atoms with van der Waals surface area (Å²) in [6.07, 6.45) is 0.207. The molecule has 3 nitrogen and oxygen atoms in total. The van der Waals surface area contributed by atoms with E-state index in [2.05, 4.69) is 15.4 Å². The maximum absolute atomic E-state index is 12.0. The second-order valence-corrected chi connectivity index (χ2v) is 2.93. The second kappa shape index (κ2) is 4.78. The molecule has 0 N–H and O–H groups in total. The van der Waals surface area contributed by atoms with Crippen LogP contribution in [0.4, 0.5) is 13.2 Å². The summed E-state index contributed by atoms with van der Waals surface area (Å²) in [7, 11) is 1.11. The minimum absolute atomic E-state index is 0.0900. The van der Waals surface area contributed by atoms with Crippen molar-refractivity contribution < 1.29 is 27.4 Å². The van der Waals surface area contributed by atoms with Crippen molar-refractivity contribution in [2.75, 3.05) is 7.11 Å². The number of rotatable bonds is 2. The quantitative estimate of drug-likeness (QED) is 0.591. The molecule has 0 spiro atoms. The Kier molecular flexibility index (Phi) is 3.63. The maximum Gasteiger partial charge on any atom is 0.573 e. The van der Waals surface area contributed by atoms with Crippen LogP contribution in [0.3, 0.4) is 0 Å². The van der Waals surface area contributed by atoms with Gasteiger partial charge in [0.1, 0.15) is 5.75 Å². The van der Waals surface area contributed by atoms with Gasteiger partial charge in [0, 0.05) is 5.56 Å². The number of hydrogen-bond donors (Lipinski definition) is 0. The molecule has 0 amide bonds. The van der Waals surface area contributed by atoms with Crippen LogP contribution < -0.4 is 4.74 Å². The maximum atomic E-state index is 12.0. The van der Waals surface area contributed by atoms with E-state index in [0.717, 1.165) is 19.2 Å². The molecule has 0 heterocycles. The summed E-state index contributed by atoms with van der Waals surface area (Å²) in [4.78, 5) is 11.2.